The van der Waals surface area contributed by atoms with E-state index in [9.17, 15) is 4.79 Å². The van der Waals surface area contributed by atoms with Gasteiger partial charge in [-0.3, -0.25) is 4.79 Å². The van der Waals surface area contributed by atoms with Crippen LogP contribution in [0.5, 0.6) is 11.6 Å². The Hall–Kier alpha value is -2.96. The molecule has 0 saturated heterocycles. The zero-order valence-electron chi connectivity index (χ0n) is 11.7. The van der Waals surface area contributed by atoms with Crippen LogP contribution in [0.2, 0.25) is 0 Å². The summed E-state index contributed by atoms with van der Waals surface area (Å²) in [6.45, 7) is 0. The lowest BCUT2D eigenvalue weighted by Gasteiger charge is -2.08. The fourth-order valence-electron chi connectivity index (χ4n) is 2.26. The maximum atomic E-state index is 12.3. The Kier molecular flexibility index (Phi) is 2.96. The molecule has 7 nitrogen and oxygen atoms in total. The van der Waals surface area contributed by atoms with Crippen molar-refractivity contribution in [1.29, 1.82) is 0 Å². The SMILES string of the molecule is O=c1c(Oc2cccc(-n3ccnn3)c2)nccn1C1CC1. The second-order valence-corrected chi connectivity index (χ2v) is 5.12. The fourth-order valence-corrected chi connectivity index (χ4v) is 2.26. The van der Waals surface area contributed by atoms with Crippen LogP contribution >= 0.6 is 0 Å². The molecule has 1 aromatic carbocycles. The van der Waals surface area contributed by atoms with Gasteiger partial charge in [0.15, 0.2) is 0 Å². The van der Waals surface area contributed by atoms with E-state index in [2.05, 4.69) is 15.3 Å². The Labute approximate surface area is 125 Å². The van der Waals surface area contributed by atoms with E-state index in [1.165, 1.54) is 0 Å². The Morgan fingerprint density at radius 3 is 2.86 bits per heavy atom. The molecule has 0 spiro atoms. The summed E-state index contributed by atoms with van der Waals surface area (Å²) in [7, 11) is 0. The molecule has 0 N–H and O–H groups in total. The van der Waals surface area contributed by atoms with E-state index in [1.54, 1.807) is 46.2 Å². The van der Waals surface area contributed by atoms with Crippen LogP contribution < -0.4 is 10.3 Å². The molecule has 2 aromatic heterocycles. The molecule has 0 bridgehead atoms. The maximum absolute atomic E-state index is 12.3. The van der Waals surface area contributed by atoms with E-state index in [4.69, 9.17) is 4.74 Å². The van der Waals surface area contributed by atoms with Gasteiger partial charge in [0, 0.05) is 24.5 Å². The van der Waals surface area contributed by atoms with Crippen molar-refractivity contribution in [3.63, 3.8) is 0 Å². The third kappa shape index (κ3) is 2.37. The molecule has 0 aliphatic heterocycles. The molecule has 1 aliphatic rings. The summed E-state index contributed by atoms with van der Waals surface area (Å²) in [5.41, 5.74) is 0.601. The number of nitrogens with zero attached hydrogens (tertiary/aromatic N) is 5. The quantitative estimate of drug-likeness (QED) is 0.735. The van der Waals surface area contributed by atoms with Crippen molar-refractivity contribution in [2.75, 3.05) is 0 Å². The minimum atomic E-state index is -0.198. The highest BCUT2D eigenvalue weighted by Gasteiger charge is 2.25. The van der Waals surface area contributed by atoms with Gasteiger partial charge in [-0.25, -0.2) is 9.67 Å². The average molecular weight is 295 g/mol. The normalized spacial score (nSPS) is 14.0. The summed E-state index contributed by atoms with van der Waals surface area (Å²) in [6.07, 6.45) is 8.70. The van der Waals surface area contributed by atoms with Gasteiger partial charge in [0.1, 0.15) is 5.75 Å². The van der Waals surface area contributed by atoms with Crippen LogP contribution in [0.3, 0.4) is 0 Å². The summed E-state index contributed by atoms with van der Waals surface area (Å²) >= 11 is 0. The van der Waals surface area contributed by atoms with Gasteiger partial charge in [-0.15, -0.1) is 5.10 Å². The zero-order chi connectivity index (χ0) is 14.9. The summed E-state index contributed by atoms with van der Waals surface area (Å²) < 4.78 is 8.96. The van der Waals surface area contributed by atoms with Crippen LogP contribution in [-0.4, -0.2) is 24.5 Å². The van der Waals surface area contributed by atoms with Crippen molar-refractivity contribution in [2.45, 2.75) is 18.9 Å². The van der Waals surface area contributed by atoms with Crippen molar-refractivity contribution in [3.05, 3.63) is 59.4 Å². The molecule has 0 unspecified atom stereocenters. The van der Waals surface area contributed by atoms with Gasteiger partial charge in [-0.2, -0.15) is 0 Å². The first kappa shape index (κ1) is 12.8. The van der Waals surface area contributed by atoms with Gasteiger partial charge < -0.3 is 9.30 Å². The van der Waals surface area contributed by atoms with Crippen LogP contribution in [0.4, 0.5) is 0 Å². The van der Waals surface area contributed by atoms with Crippen molar-refractivity contribution < 1.29 is 4.74 Å². The summed E-state index contributed by atoms with van der Waals surface area (Å²) in [6, 6.07) is 7.55. The number of hydrogen-bond donors (Lipinski definition) is 0. The largest absolute Gasteiger partial charge is 0.435 e. The molecule has 4 rings (SSSR count). The van der Waals surface area contributed by atoms with Crippen molar-refractivity contribution >= 4 is 0 Å². The Balaban J connectivity index is 1.65. The highest BCUT2D eigenvalue weighted by Crippen LogP contribution is 2.33. The van der Waals surface area contributed by atoms with Gasteiger partial charge in [-0.05, 0) is 25.0 Å². The molecule has 7 heteroatoms. The van der Waals surface area contributed by atoms with Gasteiger partial charge in [0.25, 0.3) is 5.88 Å². The van der Waals surface area contributed by atoms with Crippen molar-refractivity contribution in [1.82, 2.24) is 24.5 Å². The summed E-state index contributed by atoms with van der Waals surface area (Å²) in [5, 5.41) is 7.70. The number of benzene rings is 1. The van der Waals surface area contributed by atoms with Crippen molar-refractivity contribution in [2.24, 2.45) is 0 Å². The molecule has 1 saturated carbocycles. The first-order chi connectivity index (χ1) is 10.8. The monoisotopic (exact) mass is 295 g/mol. The van der Waals surface area contributed by atoms with E-state index < -0.39 is 0 Å². The average Bonchev–Trinajstić information content (AvgIpc) is 3.23. The fraction of sp³-hybridized carbons (Fsp3) is 0.200. The molecule has 3 aromatic rings. The molecule has 0 amide bonds. The lowest BCUT2D eigenvalue weighted by molar-refractivity contribution is 0.444. The molecule has 0 atom stereocenters. The van der Waals surface area contributed by atoms with Crippen LogP contribution in [0.15, 0.2) is 53.8 Å². The Morgan fingerprint density at radius 1 is 1.18 bits per heavy atom. The minimum Gasteiger partial charge on any atom is -0.435 e. The third-order valence-corrected chi connectivity index (χ3v) is 3.50. The highest BCUT2D eigenvalue weighted by molar-refractivity contribution is 5.39. The van der Waals surface area contributed by atoms with E-state index >= 15 is 0 Å². The molecular formula is C15H13N5O2. The Morgan fingerprint density at radius 2 is 2.09 bits per heavy atom. The molecule has 110 valence electrons. The van der Waals surface area contributed by atoms with E-state index in [0.717, 1.165) is 18.5 Å². The van der Waals surface area contributed by atoms with Gasteiger partial charge in [0.05, 0.1) is 18.1 Å². The van der Waals surface area contributed by atoms with Crippen LogP contribution in [0, 0.1) is 0 Å². The second-order valence-electron chi connectivity index (χ2n) is 5.12. The topological polar surface area (TPSA) is 74.8 Å². The molecule has 0 radical (unpaired) electrons. The smallest absolute Gasteiger partial charge is 0.313 e. The van der Waals surface area contributed by atoms with Crippen LogP contribution in [0.25, 0.3) is 5.69 Å². The molecule has 2 heterocycles. The van der Waals surface area contributed by atoms with E-state index in [1.807, 2.05) is 12.1 Å². The number of hydrogen-bond acceptors (Lipinski definition) is 5. The minimum absolute atomic E-state index is 0.0881. The highest BCUT2D eigenvalue weighted by atomic mass is 16.5. The molecule has 1 aliphatic carbocycles. The third-order valence-electron chi connectivity index (χ3n) is 3.50. The van der Waals surface area contributed by atoms with Gasteiger partial charge >= 0.3 is 5.56 Å². The van der Waals surface area contributed by atoms with Gasteiger partial charge in [0.2, 0.25) is 0 Å². The predicted octanol–water partition coefficient (Wildman–Crippen LogP) is 1.95. The maximum Gasteiger partial charge on any atom is 0.313 e. The second kappa shape index (κ2) is 5.10. The molecule has 1 fully saturated rings. The number of aromatic nitrogens is 5. The van der Waals surface area contributed by atoms with Crippen molar-refractivity contribution in [3.8, 4) is 17.3 Å². The lowest BCUT2D eigenvalue weighted by atomic mass is 10.3. The predicted molar refractivity (Wildman–Crippen MR) is 78.2 cm³/mol. The van der Waals surface area contributed by atoms with Crippen LogP contribution in [-0.2, 0) is 0 Å². The lowest BCUT2D eigenvalue weighted by Crippen LogP contribution is -2.20. The summed E-state index contributed by atoms with van der Waals surface area (Å²) in [5.74, 6) is 0.622. The first-order valence-electron chi connectivity index (χ1n) is 7.03. The zero-order valence-corrected chi connectivity index (χ0v) is 11.7. The standard InChI is InChI=1S/C15H13N5O2/c21-15-14(16-6-8-19(15)11-4-5-11)22-13-3-1-2-12(10-13)20-9-7-17-18-20/h1-3,6-11H,4-5H2. The summed E-state index contributed by atoms with van der Waals surface area (Å²) in [4.78, 5) is 16.4. The van der Waals surface area contributed by atoms with Gasteiger partial charge in [-0.1, -0.05) is 11.3 Å². The first-order valence-corrected chi connectivity index (χ1v) is 7.03. The Bertz CT molecular complexity index is 852. The molecular weight excluding hydrogens is 282 g/mol. The molecule has 22 heavy (non-hydrogen) atoms. The van der Waals surface area contributed by atoms with Crippen LogP contribution in [0.1, 0.15) is 18.9 Å². The number of rotatable bonds is 4. The number of ether oxygens (including phenoxy) is 1. The van der Waals surface area contributed by atoms with E-state index in [-0.39, 0.29) is 11.4 Å². The van der Waals surface area contributed by atoms with E-state index in [0.29, 0.717) is 11.8 Å².